The molecule has 0 bridgehead atoms. The Morgan fingerprint density at radius 2 is 2.12 bits per heavy atom. The summed E-state index contributed by atoms with van der Waals surface area (Å²) in [5.41, 5.74) is 1.78. The summed E-state index contributed by atoms with van der Waals surface area (Å²) in [7, 11) is 0. The van der Waals surface area contributed by atoms with Gasteiger partial charge < -0.3 is 4.90 Å². The largest absolute Gasteiger partial charge is 0.312 e. The number of hydrogen-bond donors (Lipinski definition) is 0. The summed E-state index contributed by atoms with van der Waals surface area (Å²) in [6.45, 7) is 0.671. The molecule has 0 radical (unpaired) electrons. The lowest BCUT2D eigenvalue weighted by Gasteiger charge is -2.29. The molecule has 92 valence electrons. The topological polar surface area (TPSA) is 20.3 Å². The van der Waals surface area contributed by atoms with Crippen LogP contribution >= 0.6 is 11.6 Å². The number of amides is 1. The number of aryl methyl sites for hydroxylation is 1. The van der Waals surface area contributed by atoms with Crippen molar-refractivity contribution >= 4 is 23.2 Å². The van der Waals surface area contributed by atoms with Gasteiger partial charge in [0.25, 0.3) is 0 Å². The van der Waals surface area contributed by atoms with Crippen molar-refractivity contribution in [2.24, 2.45) is 0 Å². The monoisotopic (exact) mass is 255 g/mol. The van der Waals surface area contributed by atoms with Crippen LogP contribution in [0.5, 0.6) is 0 Å². The van der Waals surface area contributed by atoms with Crippen LogP contribution in [0.15, 0.2) is 18.2 Å². The number of fused-ring (bicyclic) bond motifs is 1. The van der Waals surface area contributed by atoms with Crippen LogP contribution in [0.1, 0.15) is 24.8 Å². The minimum Gasteiger partial charge on any atom is -0.312 e. The Morgan fingerprint density at radius 1 is 1.29 bits per heavy atom. The first kappa shape index (κ1) is 12.4. The van der Waals surface area contributed by atoms with E-state index in [1.165, 1.54) is 12.1 Å². The van der Waals surface area contributed by atoms with Crippen molar-refractivity contribution in [3.8, 4) is 0 Å². The van der Waals surface area contributed by atoms with Crippen molar-refractivity contribution in [1.29, 1.82) is 0 Å². The van der Waals surface area contributed by atoms with E-state index in [1.807, 2.05) is 0 Å². The number of alkyl halides is 1. The first-order chi connectivity index (χ1) is 8.22. The fraction of sp³-hybridized carbons (Fsp3) is 0.462. The van der Waals surface area contributed by atoms with Crippen LogP contribution in [0.3, 0.4) is 0 Å². The Balaban J connectivity index is 2.18. The number of unbranched alkanes of at least 4 members (excludes halogenated alkanes) is 1. The van der Waals surface area contributed by atoms with Crippen molar-refractivity contribution < 1.29 is 9.18 Å². The van der Waals surface area contributed by atoms with Crippen LogP contribution in [-0.4, -0.2) is 18.3 Å². The quantitative estimate of drug-likeness (QED) is 0.598. The first-order valence-corrected chi connectivity index (χ1v) is 6.40. The zero-order valence-corrected chi connectivity index (χ0v) is 10.3. The van der Waals surface area contributed by atoms with Gasteiger partial charge in [0, 0.05) is 24.5 Å². The Morgan fingerprint density at radius 3 is 2.88 bits per heavy atom. The van der Waals surface area contributed by atoms with Gasteiger partial charge in [-0.3, -0.25) is 4.79 Å². The van der Waals surface area contributed by atoms with Crippen molar-refractivity contribution in [2.75, 3.05) is 17.3 Å². The Hall–Kier alpha value is -1.09. The molecular formula is C13H15ClFNO. The molecule has 0 unspecified atom stereocenters. The molecule has 1 amide bonds. The van der Waals surface area contributed by atoms with E-state index in [0.717, 1.165) is 24.1 Å². The number of carbonyl (C=O) groups is 1. The van der Waals surface area contributed by atoms with Crippen LogP contribution in [0.2, 0.25) is 0 Å². The Labute approximate surface area is 105 Å². The molecule has 0 atom stereocenters. The summed E-state index contributed by atoms with van der Waals surface area (Å²) in [5.74, 6) is 0.496. The summed E-state index contributed by atoms with van der Waals surface area (Å²) in [6, 6.07) is 4.63. The van der Waals surface area contributed by atoms with Gasteiger partial charge in [-0.05, 0) is 43.0 Å². The molecule has 0 spiro atoms. The third kappa shape index (κ3) is 2.78. The average Bonchev–Trinajstić information content (AvgIpc) is 2.32. The van der Waals surface area contributed by atoms with Crippen LogP contribution < -0.4 is 4.90 Å². The lowest BCUT2D eigenvalue weighted by molar-refractivity contribution is -0.118. The zero-order valence-electron chi connectivity index (χ0n) is 9.59. The summed E-state index contributed by atoms with van der Waals surface area (Å²) in [6.07, 6.45) is 2.88. The fourth-order valence-electron chi connectivity index (χ4n) is 2.14. The number of rotatable bonds is 4. The van der Waals surface area contributed by atoms with E-state index in [-0.39, 0.29) is 11.7 Å². The molecule has 1 aliphatic rings. The zero-order chi connectivity index (χ0) is 12.3. The highest BCUT2D eigenvalue weighted by Crippen LogP contribution is 2.28. The summed E-state index contributed by atoms with van der Waals surface area (Å²) < 4.78 is 13.1. The molecule has 4 heteroatoms. The second kappa shape index (κ2) is 5.50. The molecule has 2 nitrogen and oxygen atoms in total. The normalized spacial score (nSPS) is 14.9. The Bertz CT molecular complexity index is 422. The SMILES string of the molecule is O=C1CCc2cc(F)ccc2N1CCCCCl. The summed E-state index contributed by atoms with van der Waals surface area (Å²) in [4.78, 5) is 13.6. The van der Waals surface area contributed by atoms with Gasteiger partial charge in [-0.15, -0.1) is 11.6 Å². The van der Waals surface area contributed by atoms with Gasteiger partial charge in [0.1, 0.15) is 5.82 Å². The number of benzene rings is 1. The van der Waals surface area contributed by atoms with Crippen molar-refractivity contribution in [3.05, 3.63) is 29.6 Å². The van der Waals surface area contributed by atoms with Crippen molar-refractivity contribution in [3.63, 3.8) is 0 Å². The molecule has 2 rings (SSSR count). The van der Waals surface area contributed by atoms with Crippen LogP contribution in [0.25, 0.3) is 0 Å². The van der Waals surface area contributed by atoms with Gasteiger partial charge in [0.2, 0.25) is 5.91 Å². The maximum absolute atomic E-state index is 13.1. The first-order valence-electron chi connectivity index (χ1n) is 5.87. The molecule has 0 N–H and O–H groups in total. The van der Waals surface area contributed by atoms with E-state index < -0.39 is 0 Å². The lowest BCUT2D eigenvalue weighted by atomic mass is 10.0. The van der Waals surface area contributed by atoms with Crippen LogP contribution in [0, 0.1) is 5.82 Å². The molecule has 0 fully saturated rings. The van der Waals surface area contributed by atoms with E-state index in [1.54, 1.807) is 11.0 Å². The second-order valence-corrected chi connectivity index (χ2v) is 4.59. The molecule has 0 saturated heterocycles. The van der Waals surface area contributed by atoms with Gasteiger partial charge in [-0.2, -0.15) is 0 Å². The van der Waals surface area contributed by atoms with Crippen molar-refractivity contribution in [2.45, 2.75) is 25.7 Å². The fourth-order valence-corrected chi connectivity index (χ4v) is 2.33. The smallest absolute Gasteiger partial charge is 0.227 e. The van der Waals surface area contributed by atoms with Crippen LogP contribution in [-0.2, 0) is 11.2 Å². The van der Waals surface area contributed by atoms with Crippen LogP contribution in [0.4, 0.5) is 10.1 Å². The summed E-state index contributed by atoms with van der Waals surface area (Å²) in [5, 5.41) is 0. The number of hydrogen-bond acceptors (Lipinski definition) is 1. The minimum absolute atomic E-state index is 0.124. The highest BCUT2D eigenvalue weighted by molar-refractivity contribution is 6.17. The molecule has 0 aromatic heterocycles. The third-order valence-corrected chi connectivity index (χ3v) is 3.27. The molecule has 17 heavy (non-hydrogen) atoms. The molecule has 1 aromatic carbocycles. The molecule has 0 aliphatic carbocycles. The number of nitrogens with zero attached hydrogens (tertiary/aromatic N) is 1. The van der Waals surface area contributed by atoms with Crippen molar-refractivity contribution in [1.82, 2.24) is 0 Å². The lowest BCUT2D eigenvalue weighted by Crippen LogP contribution is -2.35. The molecule has 1 aromatic rings. The third-order valence-electron chi connectivity index (χ3n) is 3.01. The molecular weight excluding hydrogens is 241 g/mol. The predicted octanol–water partition coefficient (Wildman–Crippen LogP) is 3.12. The van der Waals surface area contributed by atoms with Gasteiger partial charge in [0.05, 0.1) is 0 Å². The van der Waals surface area contributed by atoms with Gasteiger partial charge in [-0.1, -0.05) is 0 Å². The van der Waals surface area contributed by atoms with Gasteiger partial charge in [-0.25, -0.2) is 4.39 Å². The van der Waals surface area contributed by atoms with E-state index in [4.69, 9.17) is 11.6 Å². The number of anilines is 1. The molecule has 1 aliphatic heterocycles. The highest BCUT2D eigenvalue weighted by Gasteiger charge is 2.23. The maximum atomic E-state index is 13.1. The Kier molecular flexibility index (Phi) is 4.00. The maximum Gasteiger partial charge on any atom is 0.227 e. The van der Waals surface area contributed by atoms with E-state index in [0.29, 0.717) is 25.3 Å². The standard InChI is InChI=1S/C13H15ClFNO/c14-7-1-2-8-16-12-5-4-11(15)9-10(12)3-6-13(16)17/h4-5,9H,1-3,6-8H2. The minimum atomic E-state index is -0.237. The van der Waals surface area contributed by atoms with E-state index in [2.05, 4.69) is 0 Å². The molecule has 1 heterocycles. The summed E-state index contributed by atoms with van der Waals surface area (Å²) >= 11 is 5.62. The van der Waals surface area contributed by atoms with Gasteiger partial charge >= 0.3 is 0 Å². The number of carbonyl (C=O) groups excluding carboxylic acids is 1. The highest BCUT2D eigenvalue weighted by atomic mass is 35.5. The molecule has 0 saturated carbocycles. The predicted molar refractivity (Wildman–Crippen MR) is 67.0 cm³/mol. The van der Waals surface area contributed by atoms with Gasteiger partial charge in [0.15, 0.2) is 0 Å². The number of halogens is 2. The van der Waals surface area contributed by atoms with E-state index in [9.17, 15) is 9.18 Å². The second-order valence-electron chi connectivity index (χ2n) is 4.21. The van der Waals surface area contributed by atoms with E-state index >= 15 is 0 Å². The average molecular weight is 256 g/mol.